The average molecular weight is 246 g/mol. The van der Waals surface area contributed by atoms with Gasteiger partial charge in [0.15, 0.2) is 0 Å². The van der Waals surface area contributed by atoms with Crippen LogP contribution >= 0.6 is 0 Å². The molecule has 4 rings (SSSR count). The quantitative estimate of drug-likeness (QED) is 0.535. The second kappa shape index (κ2) is 4.84. The first kappa shape index (κ1) is 11.8. The highest BCUT2D eigenvalue weighted by Crippen LogP contribution is 2.55. The summed E-state index contributed by atoms with van der Waals surface area (Å²) in [6.07, 6.45) is 19.0. The van der Waals surface area contributed by atoms with Crippen molar-refractivity contribution < 1.29 is 0 Å². The molecule has 18 heavy (non-hydrogen) atoms. The molecule has 4 fully saturated rings. The van der Waals surface area contributed by atoms with Crippen molar-refractivity contribution in [1.82, 2.24) is 0 Å². The summed E-state index contributed by atoms with van der Waals surface area (Å²) in [5, 5.41) is 0. The highest BCUT2D eigenvalue weighted by molar-refractivity contribution is 4.96. The third kappa shape index (κ3) is 1.95. The maximum absolute atomic E-state index is 1.65. The van der Waals surface area contributed by atoms with Gasteiger partial charge in [-0.1, -0.05) is 44.9 Å². The van der Waals surface area contributed by atoms with E-state index in [2.05, 4.69) is 0 Å². The number of fused-ring (bicyclic) bond motifs is 4. The van der Waals surface area contributed by atoms with E-state index in [1.165, 1.54) is 11.8 Å². The summed E-state index contributed by atoms with van der Waals surface area (Å²) in [6.45, 7) is 0. The summed E-state index contributed by atoms with van der Waals surface area (Å²) in [7, 11) is 0. The van der Waals surface area contributed by atoms with Crippen LogP contribution in [0.4, 0.5) is 0 Å². The Hall–Kier alpha value is 0. The van der Waals surface area contributed by atoms with Crippen LogP contribution in [0.15, 0.2) is 0 Å². The standard InChI is InChI=1S/C18H30/c1-2-7-15-12-18-16(11-14(15)6-1)10-9-13-5-3-4-8-17(13)18/h13-18H,1-12H2. The predicted octanol–water partition coefficient (Wildman–Crippen LogP) is 5.42. The van der Waals surface area contributed by atoms with Gasteiger partial charge in [-0.05, 0) is 67.6 Å². The molecule has 4 aliphatic carbocycles. The zero-order chi connectivity index (χ0) is 11.9. The lowest BCUT2D eigenvalue weighted by Gasteiger charge is -2.52. The van der Waals surface area contributed by atoms with Crippen molar-refractivity contribution in [2.24, 2.45) is 35.5 Å². The van der Waals surface area contributed by atoms with Crippen LogP contribution < -0.4 is 0 Å². The molecule has 0 aromatic heterocycles. The van der Waals surface area contributed by atoms with Crippen LogP contribution in [-0.4, -0.2) is 0 Å². The van der Waals surface area contributed by atoms with Crippen molar-refractivity contribution in [3.8, 4) is 0 Å². The highest BCUT2D eigenvalue weighted by atomic mass is 14.5. The molecule has 0 heteroatoms. The highest BCUT2D eigenvalue weighted by Gasteiger charge is 2.46. The molecule has 0 aromatic carbocycles. The Labute approximate surface area is 113 Å². The van der Waals surface area contributed by atoms with Crippen molar-refractivity contribution in [3.63, 3.8) is 0 Å². The lowest BCUT2D eigenvalue weighted by molar-refractivity contribution is -0.0241. The molecule has 0 saturated heterocycles. The Morgan fingerprint density at radius 3 is 1.83 bits per heavy atom. The van der Waals surface area contributed by atoms with E-state index in [0.717, 1.165) is 23.7 Å². The van der Waals surface area contributed by atoms with Crippen LogP contribution in [-0.2, 0) is 0 Å². The predicted molar refractivity (Wildman–Crippen MR) is 76.3 cm³/mol. The van der Waals surface area contributed by atoms with E-state index in [1.54, 1.807) is 77.0 Å². The number of hydrogen-bond acceptors (Lipinski definition) is 0. The fraction of sp³-hybridized carbons (Fsp3) is 1.00. The van der Waals surface area contributed by atoms with Gasteiger partial charge in [0, 0.05) is 0 Å². The van der Waals surface area contributed by atoms with Crippen molar-refractivity contribution in [1.29, 1.82) is 0 Å². The molecule has 4 aliphatic rings. The van der Waals surface area contributed by atoms with Crippen LogP contribution in [0.5, 0.6) is 0 Å². The van der Waals surface area contributed by atoms with E-state index in [9.17, 15) is 0 Å². The average Bonchev–Trinajstić information content (AvgIpc) is 2.45. The van der Waals surface area contributed by atoms with Crippen molar-refractivity contribution in [2.75, 3.05) is 0 Å². The minimum Gasteiger partial charge on any atom is -0.0530 e. The fourth-order valence-electron chi connectivity index (χ4n) is 6.45. The van der Waals surface area contributed by atoms with E-state index >= 15 is 0 Å². The van der Waals surface area contributed by atoms with Crippen LogP contribution in [0.1, 0.15) is 77.0 Å². The van der Waals surface area contributed by atoms with Gasteiger partial charge in [-0.15, -0.1) is 0 Å². The molecule has 0 N–H and O–H groups in total. The van der Waals surface area contributed by atoms with E-state index in [4.69, 9.17) is 0 Å². The molecule has 0 amide bonds. The molecule has 0 aliphatic heterocycles. The van der Waals surface area contributed by atoms with Gasteiger partial charge in [-0.25, -0.2) is 0 Å². The van der Waals surface area contributed by atoms with Crippen LogP contribution in [0, 0.1) is 35.5 Å². The molecule has 0 bridgehead atoms. The van der Waals surface area contributed by atoms with E-state index in [0.29, 0.717) is 0 Å². The third-order valence-corrected chi connectivity index (χ3v) is 7.28. The van der Waals surface area contributed by atoms with E-state index in [-0.39, 0.29) is 0 Å². The fourth-order valence-corrected chi connectivity index (χ4v) is 6.45. The summed E-state index contributed by atoms with van der Waals surface area (Å²) >= 11 is 0. The molecule has 0 heterocycles. The molecule has 0 nitrogen and oxygen atoms in total. The number of rotatable bonds is 0. The van der Waals surface area contributed by atoms with E-state index < -0.39 is 0 Å². The monoisotopic (exact) mass is 246 g/mol. The van der Waals surface area contributed by atoms with Gasteiger partial charge in [-0.3, -0.25) is 0 Å². The van der Waals surface area contributed by atoms with Crippen molar-refractivity contribution in [3.05, 3.63) is 0 Å². The first-order chi connectivity index (χ1) is 8.92. The molecule has 6 atom stereocenters. The maximum atomic E-state index is 1.65. The Kier molecular flexibility index (Phi) is 3.17. The van der Waals surface area contributed by atoms with Gasteiger partial charge in [0.05, 0.1) is 0 Å². The minimum absolute atomic E-state index is 1.15. The normalized spacial score (nSPS) is 52.0. The lowest BCUT2D eigenvalue weighted by Crippen LogP contribution is -2.43. The minimum atomic E-state index is 1.15. The Morgan fingerprint density at radius 2 is 1.00 bits per heavy atom. The van der Waals surface area contributed by atoms with Crippen LogP contribution in [0.25, 0.3) is 0 Å². The summed E-state index contributed by atoms with van der Waals surface area (Å²) in [6, 6.07) is 0. The zero-order valence-corrected chi connectivity index (χ0v) is 11.9. The summed E-state index contributed by atoms with van der Waals surface area (Å²) in [5.74, 6) is 6.95. The number of hydrogen-bond donors (Lipinski definition) is 0. The first-order valence-corrected chi connectivity index (χ1v) is 8.92. The summed E-state index contributed by atoms with van der Waals surface area (Å²) in [4.78, 5) is 0. The summed E-state index contributed by atoms with van der Waals surface area (Å²) in [5.41, 5.74) is 0. The van der Waals surface area contributed by atoms with Crippen molar-refractivity contribution >= 4 is 0 Å². The second-order valence-corrected chi connectivity index (χ2v) is 7.99. The molecule has 4 saturated carbocycles. The van der Waals surface area contributed by atoms with Crippen LogP contribution in [0.2, 0.25) is 0 Å². The van der Waals surface area contributed by atoms with Gasteiger partial charge in [0.2, 0.25) is 0 Å². The van der Waals surface area contributed by atoms with Gasteiger partial charge in [0.25, 0.3) is 0 Å². The van der Waals surface area contributed by atoms with Gasteiger partial charge >= 0.3 is 0 Å². The van der Waals surface area contributed by atoms with E-state index in [1.807, 2.05) is 0 Å². The molecular weight excluding hydrogens is 216 g/mol. The lowest BCUT2D eigenvalue weighted by atomic mass is 9.53. The topological polar surface area (TPSA) is 0 Å². The largest absolute Gasteiger partial charge is 0.0530 e. The maximum Gasteiger partial charge on any atom is -0.0352 e. The SMILES string of the molecule is C1CCC2CC3C(CCC4CCCCC43)CC2C1. The Bertz CT molecular complexity index is 292. The Morgan fingerprint density at radius 1 is 0.389 bits per heavy atom. The molecule has 0 aromatic rings. The summed E-state index contributed by atoms with van der Waals surface area (Å²) < 4.78 is 0. The zero-order valence-electron chi connectivity index (χ0n) is 11.9. The first-order valence-electron chi connectivity index (χ1n) is 8.92. The van der Waals surface area contributed by atoms with Crippen molar-refractivity contribution in [2.45, 2.75) is 77.0 Å². The molecule has 102 valence electrons. The van der Waals surface area contributed by atoms with Gasteiger partial charge in [0.1, 0.15) is 0 Å². The molecular formula is C18H30. The molecule has 0 spiro atoms. The second-order valence-electron chi connectivity index (χ2n) is 7.99. The third-order valence-electron chi connectivity index (χ3n) is 7.28. The van der Waals surface area contributed by atoms with Gasteiger partial charge < -0.3 is 0 Å². The smallest absolute Gasteiger partial charge is 0.0352 e. The Balaban J connectivity index is 1.51. The molecule has 6 unspecified atom stereocenters. The molecule has 0 radical (unpaired) electrons. The van der Waals surface area contributed by atoms with Crippen LogP contribution in [0.3, 0.4) is 0 Å². The van der Waals surface area contributed by atoms with Gasteiger partial charge in [-0.2, -0.15) is 0 Å².